The van der Waals surface area contributed by atoms with Crippen molar-refractivity contribution < 1.29 is 13.5 Å². The predicted molar refractivity (Wildman–Crippen MR) is 81.2 cm³/mol. The van der Waals surface area contributed by atoms with Crippen LogP contribution in [0.2, 0.25) is 0 Å². The first-order valence-electron chi connectivity index (χ1n) is 6.84. The maximum atomic E-state index is 12.4. The van der Waals surface area contributed by atoms with Gasteiger partial charge in [0, 0.05) is 11.6 Å². The first-order chi connectivity index (χ1) is 8.95. The van der Waals surface area contributed by atoms with E-state index in [0.717, 1.165) is 5.56 Å². The van der Waals surface area contributed by atoms with Gasteiger partial charge in [-0.3, -0.25) is 0 Å². The van der Waals surface area contributed by atoms with Gasteiger partial charge in [0.1, 0.15) is 0 Å². The molecule has 4 nitrogen and oxygen atoms in total. The summed E-state index contributed by atoms with van der Waals surface area (Å²) < 4.78 is 27.3. The van der Waals surface area contributed by atoms with Crippen molar-refractivity contribution in [1.29, 1.82) is 0 Å². The third-order valence-corrected chi connectivity index (χ3v) is 4.73. The maximum absolute atomic E-state index is 12.4. The monoisotopic (exact) mass is 299 g/mol. The van der Waals surface area contributed by atoms with E-state index < -0.39 is 15.6 Å². The number of nitrogens with one attached hydrogen (secondary N) is 1. The van der Waals surface area contributed by atoms with Gasteiger partial charge in [-0.15, -0.1) is 0 Å². The Morgan fingerprint density at radius 1 is 1.15 bits per heavy atom. The molecular weight excluding hydrogens is 274 g/mol. The third-order valence-electron chi connectivity index (χ3n) is 3.01. The molecule has 0 unspecified atom stereocenters. The van der Waals surface area contributed by atoms with Crippen LogP contribution in [0.5, 0.6) is 0 Å². The molecule has 2 N–H and O–H groups in total. The van der Waals surface area contributed by atoms with Gasteiger partial charge in [0.2, 0.25) is 10.0 Å². The van der Waals surface area contributed by atoms with E-state index >= 15 is 0 Å². The number of hydrogen-bond acceptors (Lipinski definition) is 3. The molecule has 0 saturated carbocycles. The Morgan fingerprint density at radius 3 is 2.10 bits per heavy atom. The fourth-order valence-corrected chi connectivity index (χ4v) is 3.59. The highest BCUT2D eigenvalue weighted by Gasteiger charge is 2.28. The molecule has 0 aliphatic carbocycles. The summed E-state index contributed by atoms with van der Waals surface area (Å²) in [5, 5.41) is 10.3. The fourth-order valence-electron chi connectivity index (χ4n) is 1.99. The molecule has 0 aromatic heterocycles. The lowest BCUT2D eigenvalue weighted by Crippen LogP contribution is -2.32. The summed E-state index contributed by atoms with van der Waals surface area (Å²) in [5.41, 5.74) is 0.217. The molecular formula is C15H25NO3S. The van der Waals surface area contributed by atoms with Crippen molar-refractivity contribution in [2.75, 3.05) is 0 Å². The summed E-state index contributed by atoms with van der Waals surface area (Å²) in [5.74, 6) is 0.269. The van der Waals surface area contributed by atoms with E-state index in [0.29, 0.717) is 5.56 Å². The first kappa shape index (κ1) is 17.1. The summed E-state index contributed by atoms with van der Waals surface area (Å²) in [6.07, 6.45) is 0. The normalized spacial score (nSPS) is 13.2. The van der Waals surface area contributed by atoms with Gasteiger partial charge in [-0.1, -0.05) is 26.0 Å². The number of hydrogen-bond donors (Lipinski definition) is 2. The average molecular weight is 299 g/mol. The van der Waals surface area contributed by atoms with Gasteiger partial charge in [0.05, 0.1) is 10.5 Å². The lowest BCUT2D eigenvalue weighted by Gasteiger charge is -2.24. The van der Waals surface area contributed by atoms with Crippen molar-refractivity contribution in [2.24, 2.45) is 0 Å². The Bertz CT molecular complexity index is 569. The van der Waals surface area contributed by atoms with Crippen LogP contribution in [-0.4, -0.2) is 19.6 Å². The van der Waals surface area contributed by atoms with Crippen molar-refractivity contribution in [2.45, 2.75) is 64.0 Å². The van der Waals surface area contributed by atoms with Crippen LogP contribution in [0.1, 0.15) is 58.6 Å². The van der Waals surface area contributed by atoms with Crippen LogP contribution in [-0.2, 0) is 15.6 Å². The van der Waals surface area contributed by atoms with Crippen LogP contribution >= 0.6 is 0 Å². The van der Waals surface area contributed by atoms with Crippen molar-refractivity contribution in [1.82, 2.24) is 4.72 Å². The van der Waals surface area contributed by atoms with Gasteiger partial charge in [-0.05, 0) is 45.2 Å². The highest BCUT2D eigenvalue weighted by molar-refractivity contribution is 7.89. The summed E-state index contributed by atoms with van der Waals surface area (Å²) in [7, 11) is -3.63. The minimum absolute atomic E-state index is 0.142. The molecule has 1 rings (SSSR count). The zero-order chi connectivity index (χ0) is 15.7. The molecule has 0 fully saturated rings. The van der Waals surface area contributed by atoms with Crippen molar-refractivity contribution >= 4 is 10.0 Å². The Kier molecular flexibility index (Phi) is 5.00. The smallest absolute Gasteiger partial charge is 0.241 e. The second-order valence-electron chi connectivity index (χ2n) is 6.25. The van der Waals surface area contributed by atoms with E-state index in [-0.39, 0.29) is 16.9 Å². The molecule has 0 bridgehead atoms. The second-order valence-corrected chi connectivity index (χ2v) is 7.93. The predicted octanol–water partition coefficient (Wildman–Crippen LogP) is 2.72. The Labute approximate surface area is 122 Å². The third kappa shape index (κ3) is 4.04. The summed E-state index contributed by atoms with van der Waals surface area (Å²) >= 11 is 0. The molecule has 114 valence electrons. The molecule has 20 heavy (non-hydrogen) atoms. The van der Waals surface area contributed by atoms with E-state index in [9.17, 15) is 13.5 Å². The largest absolute Gasteiger partial charge is 0.386 e. The summed E-state index contributed by atoms with van der Waals surface area (Å²) in [4.78, 5) is 0.142. The van der Waals surface area contributed by atoms with Gasteiger partial charge in [-0.2, -0.15) is 0 Å². The molecule has 0 radical (unpaired) electrons. The maximum Gasteiger partial charge on any atom is 0.241 e. The summed E-state index contributed by atoms with van der Waals surface area (Å²) in [6.45, 7) is 10.8. The molecule has 0 aliphatic rings. The molecule has 0 aliphatic heterocycles. The molecule has 5 heteroatoms. The van der Waals surface area contributed by atoms with Crippen LogP contribution in [0.4, 0.5) is 0 Å². The number of sulfonamides is 1. The molecule has 0 heterocycles. The van der Waals surface area contributed by atoms with Gasteiger partial charge in [0.25, 0.3) is 0 Å². The van der Waals surface area contributed by atoms with Gasteiger partial charge in [-0.25, -0.2) is 13.1 Å². The van der Waals surface area contributed by atoms with E-state index in [2.05, 4.69) is 4.72 Å². The Hall–Kier alpha value is -0.910. The fraction of sp³-hybridized carbons (Fsp3) is 0.600. The zero-order valence-corrected chi connectivity index (χ0v) is 13.9. The van der Waals surface area contributed by atoms with Crippen molar-refractivity contribution in [3.05, 3.63) is 29.3 Å². The van der Waals surface area contributed by atoms with Crippen molar-refractivity contribution in [3.63, 3.8) is 0 Å². The van der Waals surface area contributed by atoms with E-state index in [1.54, 1.807) is 45.9 Å². The summed E-state index contributed by atoms with van der Waals surface area (Å²) in [6, 6.07) is 4.96. The minimum Gasteiger partial charge on any atom is -0.386 e. The zero-order valence-electron chi connectivity index (χ0n) is 13.1. The van der Waals surface area contributed by atoms with Crippen LogP contribution in [0, 0.1) is 0 Å². The Morgan fingerprint density at radius 2 is 1.70 bits per heavy atom. The average Bonchev–Trinajstić information content (AvgIpc) is 2.25. The highest BCUT2D eigenvalue weighted by Crippen LogP contribution is 2.30. The molecule has 0 saturated heterocycles. The quantitative estimate of drug-likeness (QED) is 0.878. The van der Waals surface area contributed by atoms with Crippen LogP contribution in [0.3, 0.4) is 0 Å². The number of aliphatic hydroxyl groups is 1. The standard InChI is InChI=1S/C15H25NO3S/c1-10(2)12-7-8-14(13(9-12)15(5,6)17)20(18,19)16-11(3)4/h7-11,16-17H,1-6H3. The number of rotatable bonds is 5. The minimum atomic E-state index is -3.63. The van der Waals surface area contributed by atoms with Crippen LogP contribution in [0.15, 0.2) is 23.1 Å². The van der Waals surface area contributed by atoms with Gasteiger partial charge < -0.3 is 5.11 Å². The van der Waals surface area contributed by atoms with E-state index in [1.165, 1.54) is 0 Å². The van der Waals surface area contributed by atoms with Crippen LogP contribution < -0.4 is 4.72 Å². The second kappa shape index (κ2) is 5.84. The topological polar surface area (TPSA) is 66.4 Å². The molecule has 1 aromatic carbocycles. The van der Waals surface area contributed by atoms with Crippen LogP contribution in [0.25, 0.3) is 0 Å². The molecule has 1 aromatic rings. The Balaban J connectivity index is 3.48. The van der Waals surface area contributed by atoms with Gasteiger partial charge in [0.15, 0.2) is 0 Å². The lowest BCUT2D eigenvalue weighted by molar-refractivity contribution is 0.0754. The molecule has 0 atom stereocenters. The first-order valence-corrected chi connectivity index (χ1v) is 8.32. The molecule has 0 spiro atoms. The lowest BCUT2D eigenvalue weighted by atomic mass is 9.93. The SMILES string of the molecule is CC(C)NS(=O)(=O)c1ccc(C(C)C)cc1C(C)(C)O. The van der Waals surface area contributed by atoms with Gasteiger partial charge >= 0.3 is 0 Å². The highest BCUT2D eigenvalue weighted by atomic mass is 32.2. The molecule has 0 amide bonds. The van der Waals surface area contributed by atoms with Crippen molar-refractivity contribution in [3.8, 4) is 0 Å². The van der Waals surface area contributed by atoms with E-state index in [1.807, 2.05) is 13.8 Å². The number of benzene rings is 1. The van der Waals surface area contributed by atoms with E-state index in [4.69, 9.17) is 0 Å².